The van der Waals surface area contributed by atoms with Gasteiger partial charge in [0.05, 0.1) is 16.8 Å². The van der Waals surface area contributed by atoms with Gasteiger partial charge in [-0.1, -0.05) is 23.4 Å². The minimum absolute atomic E-state index is 0.177. The fourth-order valence-corrected chi connectivity index (χ4v) is 2.13. The third-order valence-electron chi connectivity index (χ3n) is 1.97. The lowest BCUT2D eigenvalue weighted by molar-refractivity contribution is 0.583. The van der Waals surface area contributed by atoms with E-state index in [0.717, 1.165) is 11.8 Å². The van der Waals surface area contributed by atoms with E-state index in [4.69, 9.17) is 17.3 Å². The summed E-state index contributed by atoms with van der Waals surface area (Å²) in [6, 6.07) is 1.56. The molecule has 7 heteroatoms. The Labute approximate surface area is 106 Å². The number of aryl methyl sites for hydroxylation is 1. The number of aromatic nitrogens is 3. The van der Waals surface area contributed by atoms with Gasteiger partial charge in [0.25, 0.3) is 0 Å². The highest BCUT2D eigenvalue weighted by atomic mass is 35.5. The third-order valence-corrected chi connectivity index (χ3v) is 3.19. The van der Waals surface area contributed by atoms with Crippen LogP contribution in [-0.4, -0.2) is 15.0 Å². The van der Waals surface area contributed by atoms with Gasteiger partial charge in [-0.2, -0.15) is 0 Å². The van der Waals surface area contributed by atoms with E-state index in [1.807, 2.05) is 0 Å². The molecule has 0 aliphatic rings. The van der Waals surface area contributed by atoms with Crippen LogP contribution in [0.5, 0.6) is 0 Å². The topological polar surface area (TPSA) is 64.7 Å². The smallest absolute Gasteiger partial charge is 0.158 e. The van der Waals surface area contributed by atoms with Gasteiger partial charge in [0.2, 0.25) is 0 Å². The largest absolute Gasteiger partial charge is 0.381 e. The van der Waals surface area contributed by atoms with Crippen LogP contribution in [0.25, 0.3) is 0 Å². The molecule has 0 atom stereocenters. The first-order chi connectivity index (χ1) is 8.08. The molecule has 0 unspecified atom stereocenters. The molecule has 2 rings (SSSR count). The van der Waals surface area contributed by atoms with Gasteiger partial charge in [0.1, 0.15) is 10.2 Å². The van der Waals surface area contributed by atoms with Crippen LogP contribution in [-0.2, 0) is 0 Å². The number of pyridine rings is 1. The lowest BCUT2D eigenvalue weighted by Gasteiger charge is -2.05. The second-order valence-corrected chi connectivity index (χ2v) is 4.61. The molecule has 2 heterocycles. The Kier molecular flexibility index (Phi) is 3.44. The van der Waals surface area contributed by atoms with E-state index in [1.54, 1.807) is 13.0 Å². The summed E-state index contributed by atoms with van der Waals surface area (Å²) >= 11 is 6.72. The van der Waals surface area contributed by atoms with Crippen molar-refractivity contribution in [2.75, 3.05) is 5.73 Å². The highest BCUT2D eigenvalue weighted by Gasteiger charge is 2.11. The van der Waals surface area contributed by atoms with E-state index in [0.29, 0.717) is 15.6 Å². The molecular formula is C10H8ClFN4S. The number of nitrogens with zero attached hydrogens (tertiary/aromatic N) is 3. The normalized spacial score (nSPS) is 10.5. The molecule has 0 saturated carbocycles. The predicted octanol–water partition coefficient (Wildman–Crippen LogP) is 2.71. The standard InChI is InChI=1S/C10H8ClFN4S/c1-5-8(12)6(2-3-14-5)17-10-9(13)16-7(11)4-15-10/h2-4H,1H3,(H2,13,16). The number of nitrogens with two attached hydrogens (primary N) is 1. The molecule has 0 spiro atoms. The lowest BCUT2D eigenvalue weighted by Crippen LogP contribution is -1.97. The Morgan fingerprint density at radius 3 is 2.88 bits per heavy atom. The molecule has 17 heavy (non-hydrogen) atoms. The number of nitrogen functional groups attached to an aromatic ring is 1. The summed E-state index contributed by atoms with van der Waals surface area (Å²) in [6.45, 7) is 1.59. The van der Waals surface area contributed by atoms with E-state index >= 15 is 0 Å². The quantitative estimate of drug-likeness (QED) is 0.909. The van der Waals surface area contributed by atoms with Crippen LogP contribution in [0, 0.1) is 12.7 Å². The van der Waals surface area contributed by atoms with Gasteiger partial charge < -0.3 is 5.73 Å². The Bertz CT molecular complexity index is 564. The van der Waals surface area contributed by atoms with Crippen molar-refractivity contribution in [2.45, 2.75) is 16.8 Å². The van der Waals surface area contributed by atoms with Gasteiger partial charge in [0, 0.05) is 6.20 Å². The first-order valence-corrected chi connectivity index (χ1v) is 5.84. The van der Waals surface area contributed by atoms with Crippen molar-refractivity contribution in [3.05, 3.63) is 35.1 Å². The number of halogens is 2. The third kappa shape index (κ3) is 2.65. The average molecular weight is 271 g/mol. The second kappa shape index (κ2) is 4.85. The summed E-state index contributed by atoms with van der Waals surface area (Å²) in [6.07, 6.45) is 2.90. The molecule has 0 saturated heterocycles. The Morgan fingerprint density at radius 2 is 2.18 bits per heavy atom. The fourth-order valence-electron chi connectivity index (χ4n) is 1.16. The number of anilines is 1. The summed E-state index contributed by atoms with van der Waals surface area (Å²) in [5, 5.41) is 0.622. The molecule has 0 aliphatic heterocycles. The van der Waals surface area contributed by atoms with Crippen LogP contribution in [0.4, 0.5) is 10.2 Å². The van der Waals surface area contributed by atoms with Crippen molar-refractivity contribution >= 4 is 29.2 Å². The van der Waals surface area contributed by atoms with Crippen molar-refractivity contribution in [3.8, 4) is 0 Å². The zero-order valence-electron chi connectivity index (χ0n) is 8.82. The van der Waals surface area contributed by atoms with Crippen molar-refractivity contribution in [1.29, 1.82) is 0 Å². The average Bonchev–Trinajstić information content (AvgIpc) is 2.28. The molecule has 2 aromatic rings. The second-order valence-electron chi connectivity index (χ2n) is 3.19. The molecule has 0 aromatic carbocycles. The zero-order chi connectivity index (χ0) is 12.4. The van der Waals surface area contributed by atoms with Crippen molar-refractivity contribution in [1.82, 2.24) is 15.0 Å². The van der Waals surface area contributed by atoms with Gasteiger partial charge in [-0.3, -0.25) is 4.98 Å². The van der Waals surface area contributed by atoms with Crippen LogP contribution in [0.3, 0.4) is 0 Å². The first kappa shape index (κ1) is 12.1. The first-order valence-electron chi connectivity index (χ1n) is 4.65. The Balaban J connectivity index is 2.35. The molecule has 0 fully saturated rings. The van der Waals surface area contributed by atoms with E-state index in [2.05, 4.69) is 15.0 Å². The van der Waals surface area contributed by atoms with E-state index in [-0.39, 0.29) is 16.8 Å². The molecule has 88 valence electrons. The minimum atomic E-state index is -0.381. The molecule has 2 aromatic heterocycles. The maximum Gasteiger partial charge on any atom is 0.158 e. The highest BCUT2D eigenvalue weighted by Crippen LogP contribution is 2.31. The highest BCUT2D eigenvalue weighted by molar-refractivity contribution is 7.99. The summed E-state index contributed by atoms with van der Waals surface area (Å²) in [4.78, 5) is 12.1. The molecule has 0 aliphatic carbocycles. The van der Waals surface area contributed by atoms with Crippen LogP contribution in [0.1, 0.15) is 5.69 Å². The summed E-state index contributed by atoms with van der Waals surface area (Å²) in [7, 11) is 0. The molecule has 0 amide bonds. The van der Waals surface area contributed by atoms with Gasteiger partial charge in [-0.25, -0.2) is 14.4 Å². The van der Waals surface area contributed by atoms with Crippen LogP contribution >= 0.6 is 23.4 Å². The van der Waals surface area contributed by atoms with Crippen LogP contribution in [0.2, 0.25) is 5.15 Å². The van der Waals surface area contributed by atoms with Gasteiger partial charge >= 0.3 is 0 Å². The van der Waals surface area contributed by atoms with Crippen LogP contribution < -0.4 is 5.73 Å². The lowest BCUT2D eigenvalue weighted by atomic mass is 10.4. The number of hydrogen-bond donors (Lipinski definition) is 1. The summed E-state index contributed by atoms with van der Waals surface area (Å²) in [5.41, 5.74) is 5.97. The molecule has 0 bridgehead atoms. The Hall–Kier alpha value is -1.40. The summed E-state index contributed by atoms with van der Waals surface area (Å²) < 4.78 is 13.7. The van der Waals surface area contributed by atoms with Gasteiger partial charge in [0.15, 0.2) is 11.6 Å². The fraction of sp³-hybridized carbons (Fsp3) is 0.100. The maximum absolute atomic E-state index is 13.7. The summed E-state index contributed by atoms with van der Waals surface area (Å²) in [5.74, 6) is -0.204. The number of hydrogen-bond acceptors (Lipinski definition) is 5. The van der Waals surface area contributed by atoms with Crippen molar-refractivity contribution in [2.24, 2.45) is 0 Å². The molecule has 2 N–H and O–H groups in total. The van der Waals surface area contributed by atoms with Gasteiger partial charge in [-0.15, -0.1) is 0 Å². The minimum Gasteiger partial charge on any atom is -0.381 e. The monoisotopic (exact) mass is 270 g/mol. The van der Waals surface area contributed by atoms with Crippen molar-refractivity contribution in [3.63, 3.8) is 0 Å². The van der Waals surface area contributed by atoms with E-state index in [9.17, 15) is 4.39 Å². The van der Waals surface area contributed by atoms with E-state index in [1.165, 1.54) is 12.4 Å². The van der Waals surface area contributed by atoms with Gasteiger partial charge in [-0.05, 0) is 13.0 Å². The maximum atomic E-state index is 13.7. The van der Waals surface area contributed by atoms with Crippen LogP contribution in [0.15, 0.2) is 28.4 Å². The SMILES string of the molecule is Cc1nccc(Sc2ncc(Cl)nc2N)c1F. The van der Waals surface area contributed by atoms with E-state index < -0.39 is 0 Å². The predicted molar refractivity (Wildman–Crippen MR) is 64.5 cm³/mol. The molecular weight excluding hydrogens is 263 g/mol. The Morgan fingerprint density at radius 1 is 1.41 bits per heavy atom. The zero-order valence-corrected chi connectivity index (χ0v) is 10.4. The number of rotatable bonds is 2. The van der Waals surface area contributed by atoms with Crippen molar-refractivity contribution < 1.29 is 4.39 Å². The molecule has 4 nitrogen and oxygen atoms in total. The molecule has 0 radical (unpaired) electrons.